The highest BCUT2D eigenvalue weighted by atomic mass is 32.2. The number of carbonyl (C=O) groups excluding carboxylic acids is 1. The Balaban J connectivity index is 1.70. The van der Waals surface area contributed by atoms with Gasteiger partial charge in [-0.3, -0.25) is 4.79 Å². The molecule has 0 bridgehead atoms. The molecule has 3 N–H and O–H groups in total. The highest BCUT2D eigenvalue weighted by Crippen LogP contribution is 2.38. The van der Waals surface area contributed by atoms with Crippen LogP contribution in [0.4, 0.5) is 10.2 Å². The number of benzene rings is 1. The number of aromatic nitrogens is 1. The van der Waals surface area contributed by atoms with Gasteiger partial charge >= 0.3 is 10.2 Å². The summed E-state index contributed by atoms with van der Waals surface area (Å²) in [4.78, 5) is 20.2. The zero-order valence-electron chi connectivity index (χ0n) is 22.7. The number of ether oxygens (including phenoxy) is 1. The summed E-state index contributed by atoms with van der Waals surface area (Å²) in [5, 5.41) is 3.09. The van der Waals surface area contributed by atoms with Crippen LogP contribution < -0.4 is 24.4 Å². The number of amides is 1. The number of anilines is 1. The molecule has 2 aromatic rings. The van der Waals surface area contributed by atoms with Crippen LogP contribution >= 0.6 is 0 Å². The summed E-state index contributed by atoms with van der Waals surface area (Å²) in [5.74, 6) is 0.151. The number of pyridine rings is 1. The number of nitrogens with one attached hydrogen (secondary N) is 3. The molecule has 2 saturated heterocycles. The Labute approximate surface area is 224 Å². The quantitative estimate of drug-likeness (QED) is 0.441. The van der Waals surface area contributed by atoms with Gasteiger partial charge in [-0.2, -0.15) is 13.1 Å². The molecule has 3 heterocycles. The third-order valence-electron chi connectivity index (χ3n) is 6.81. The minimum atomic E-state index is -4.08. The van der Waals surface area contributed by atoms with E-state index in [1.54, 1.807) is 18.2 Å². The normalized spacial score (nSPS) is 21.2. The number of nitrogens with zero attached hydrogens (tertiary/aromatic N) is 2. The van der Waals surface area contributed by atoms with E-state index < -0.39 is 21.9 Å². The Morgan fingerprint density at radius 1 is 1.29 bits per heavy atom. The summed E-state index contributed by atoms with van der Waals surface area (Å²) in [6.45, 7) is 12.6. The monoisotopic (exact) mass is 547 g/mol. The minimum absolute atomic E-state index is 0.138. The zero-order valence-corrected chi connectivity index (χ0v) is 23.5. The van der Waals surface area contributed by atoms with Crippen LogP contribution in [0.15, 0.2) is 30.3 Å². The van der Waals surface area contributed by atoms with Crippen molar-refractivity contribution in [1.29, 1.82) is 0 Å². The molecule has 9 nitrogen and oxygen atoms in total. The fraction of sp³-hybridized carbons (Fsp3) is 0.556. The number of halogens is 1. The fourth-order valence-electron chi connectivity index (χ4n) is 5.19. The first-order valence-corrected chi connectivity index (χ1v) is 14.6. The van der Waals surface area contributed by atoms with Crippen molar-refractivity contribution in [3.63, 3.8) is 0 Å². The number of hydrogen-bond donors (Lipinski definition) is 3. The standard InChI is InChI=1S/C27H38FN5O4S/c1-17(2)16-37-22-11-19(10-20(28)12-22)24-7-6-23(25(30-24)33-15-18(3)13-27(33,4)5)26(34)32-38(35,36)31-21-8-9-29-14-21/h6-7,10-12,17-18,21,29,31H,8-9,13-16H2,1-5H3,(H,32,34)/t18-,21+/m0/s1. The third-order valence-corrected chi connectivity index (χ3v) is 7.91. The van der Waals surface area contributed by atoms with Gasteiger partial charge in [0.15, 0.2) is 0 Å². The molecule has 2 aliphatic rings. The van der Waals surface area contributed by atoms with Gasteiger partial charge in [0.1, 0.15) is 17.4 Å². The third kappa shape index (κ3) is 6.81. The van der Waals surface area contributed by atoms with Crippen molar-refractivity contribution in [2.45, 2.75) is 59.0 Å². The summed E-state index contributed by atoms with van der Waals surface area (Å²) in [7, 11) is -4.08. The smallest absolute Gasteiger partial charge is 0.301 e. The highest BCUT2D eigenvalue weighted by Gasteiger charge is 2.39. The van der Waals surface area contributed by atoms with Crippen molar-refractivity contribution in [2.75, 3.05) is 31.1 Å². The molecule has 2 fully saturated rings. The van der Waals surface area contributed by atoms with E-state index in [-0.39, 0.29) is 23.1 Å². The molecule has 0 saturated carbocycles. The van der Waals surface area contributed by atoms with Crippen LogP contribution in [0.25, 0.3) is 11.3 Å². The Morgan fingerprint density at radius 2 is 2.05 bits per heavy atom. The van der Waals surface area contributed by atoms with Gasteiger partial charge < -0.3 is 15.0 Å². The summed E-state index contributed by atoms with van der Waals surface area (Å²) in [6.07, 6.45) is 1.52. The van der Waals surface area contributed by atoms with E-state index in [2.05, 4.69) is 35.5 Å². The first kappa shape index (κ1) is 28.3. The van der Waals surface area contributed by atoms with E-state index in [0.29, 0.717) is 61.4 Å². The molecular formula is C27H38FN5O4S. The van der Waals surface area contributed by atoms with E-state index in [1.165, 1.54) is 12.1 Å². The highest BCUT2D eigenvalue weighted by molar-refractivity contribution is 7.88. The summed E-state index contributed by atoms with van der Waals surface area (Å²) in [6, 6.07) is 7.30. The molecule has 11 heteroatoms. The first-order chi connectivity index (χ1) is 17.8. The molecule has 0 aliphatic carbocycles. The van der Waals surface area contributed by atoms with Crippen LogP contribution in [0.1, 0.15) is 57.8 Å². The Hall–Kier alpha value is -2.76. The van der Waals surface area contributed by atoms with Crippen molar-refractivity contribution in [2.24, 2.45) is 11.8 Å². The molecule has 2 atom stereocenters. The van der Waals surface area contributed by atoms with Crippen LogP contribution in [0, 0.1) is 17.7 Å². The molecule has 4 rings (SSSR count). The van der Waals surface area contributed by atoms with Crippen LogP contribution in [-0.4, -0.2) is 57.1 Å². The van der Waals surface area contributed by atoms with E-state index in [1.807, 2.05) is 18.7 Å². The van der Waals surface area contributed by atoms with Crippen molar-refractivity contribution in [3.05, 3.63) is 41.7 Å². The van der Waals surface area contributed by atoms with Gasteiger partial charge in [0.05, 0.1) is 17.9 Å². The van der Waals surface area contributed by atoms with Gasteiger partial charge in [-0.25, -0.2) is 14.1 Å². The second kappa shape index (κ2) is 11.2. The minimum Gasteiger partial charge on any atom is -0.493 e. The molecule has 1 aromatic carbocycles. The maximum atomic E-state index is 14.5. The van der Waals surface area contributed by atoms with Gasteiger partial charge in [-0.1, -0.05) is 20.8 Å². The van der Waals surface area contributed by atoms with Crippen molar-refractivity contribution in [1.82, 2.24) is 19.7 Å². The Kier molecular flexibility index (Phi) is 8.29. The molecule has 208 valence electrons. The van der Waals surface area contributed by atoms with E-state index >= 15 is 0 Å². The lowest BCUT2D eigenvalue weighted by atomic mass is 9.97. The lowest BCUT2D eigenvalue weighted by Gasteiger charge is -2.34. The topological polar surface area (TPSA) is 113 Å². The maximum absolute atomic E-state index is 14.5. The number of rotatable bonds is 9. The summed E-state index contributed by atoms with van der Waals surface area (Å²) in [5.41, 5.74) is 0.780. The predicted octanol–water partition coefficient (Wildman–Crippen LogP) is 3.47. The van der Waals surface area contributed by atoms with Crippen LogP contribution in [0.3, 0.4) is 0 Å². The molecule has 0 spiro atoms. The van der Waals surface area contributed by atoms with Crippen LogP contribution in [0.2, 0.25) is 0 Å². The van der Waals surface area contributed by atoms with E-state index in [9.17, 15) is 17.6 Å². The van der Waals surface area contributed by atoms with Crippen molar-refractivity contribution >= 4 is 21.9 Å². The summed E-state index contributed by atoms with van der Waals surface area (Å²) < 4.78 is 50.3. The molecule has 38 heavy (non-hydrogen) atoms. The largest absolute Gasteiger partial charge is 0.493 e. The summed E-state index contributed by atoms with van der Waals surface area (Å²) >= 11 is 0. The molecular weight excluding hydrogens is 509 g/mol. The van der Waals surface area contributed by atoms with Gasteiger partial charge in [0.25, 0.3) is 5.91 Å². The molecule has 0 radical (unpaired) electrons. The van der Waals surface area contributed by atoms with Gasteiger partial charge in [0.2, 0.25) is 0 Å². The van der Waals surface area contributed by atoms with Crippen LogP contribution in [0.5, 0.6) is 5.75 Å². The van der Waals surface area contributed by atoms with Gasteiger partial charge in [-0.15, -0.1) is 0 Å². The first-order valence-electron chi connectivity index (χ1n) is 13.1. The number of carbonyl (C=O) groups is 1. The molecule has 0 unspecified atom stereocenters. The van der Waals surface area contributed by atoms with Crippen molar-refractivity contribution < 1.29 is 22.3 Å². The van der Waals surface area contributed by atoms with Crippen molar-refractivity contribution in [3.8, 4) is 17.0 Å². The Bertz CT molecular complexity index is 1280. The van der Waals surface area contributed by atoms with E-state index in [4.69, 9.17) is 9.72 Å². The predicted molar refractivity (Wildman–Crippen MR) is 146 cm³/mol. The van der Waals surface area contributed by atoms with Gasteiger partial charge in [-0.05, 0) is 69.3 Å². The second-order valence-electron chi connectivity index (χ2n) is 11.4. The second-order valence-corrected chi connectivity index (χ2v) is 12.9. The fourth-order valence-corrected chi connectivity index (χ4v) is 6.24. The molecule has 1 amide bonds. The average Bonchev–Trinajstić information content (AvgIpc) is 3.41. The van der Waals surface area contributed by atoms with Gasteiger partial charge in [0, 0.05) is 36.3 Å². The lowest BCUT2D eigenvalue weighted by molar-refractivity contribution is 0.0981. The SMILES string of the molecule is CC(C)COc1cc(F)cc(-c2ccc(C(=O)NS(=O)(=O)N[C@@H]3CCNC3)c(N3C[C@@H](C)CC3(C)C)n2)c1. The molecule has 2 aliphatic heterocycles. The average molecular weight is 548 g/mol. The Morgan fingerprint density at radius 3 is 2.68 bits per heavy atom. The zero-order chi connectivity index (χ0) is 27.7. The van der Waals surface area contributed by atoms with Crippen LogP contribution in [-0.2, 0) is 10.2 Å². The maximum Gasteiger partial charge on any atom is 0.301 e. The lowest BCUT2D eigenvalue weighted by Crippen LogP contribution is -2.46. The molecule has 1 aromatic heterocycles. The number of hydrogen-bond acceptors (Lipinski definition) is 7. The van der Waals surface area contributed by atoms with E-state index in [0.717, 1.165) is 6.42 Å².